The largest absolute Gasteiger partial charge is 0.373 e. The van der Waals surface area contributed by atoms with Gasteiger partial charge in [-0.05, 0) is 26.0 Å². The minimum atomic E-state index is -3.72. The Balaban J connectivity index is 2.43. The van der Waals surface area contributed by atoms with Gasteiger partial charge in [0, 0.05) is 13.1 Å². The highest BCUT2D eigenvalue weighted by Crippen LogP contribution is 2.36. The predicted octanol–water partition coefficient (Wildman–Crippen LogP) is 3.44. The van der Waals surface area contributed by atoms with E-state index < -0.39 is 10.0 Å². The molecule has 1 aliphatic heterocycles. The average molecular weight is 359 g/mol. The molecule has 1 saturated heterocycles. The third-order valence-corrected chi connectivity index (χ3v) is 6.28. The van der Waals surface area contributed by atoms with Crippen LogP contribution in [0.4, 0.5) is 0 Å². The van der Waals surface area contributed by atoms with Crippen LogP contribution in [0.2, 0.25) is 15.1 Å². The first-order chi connectivity index (χ1) is 9.23. The highest BCUT2D eigenvalue weighted by Gasteiger charge is 2.34. The molecule has 20 heavy (non-hydrogen) atoms. The summed E-state index contributed by atoms with van der Waals surface area (Å²) in [7, 11) is -3.72. The molecule has 1 heterocycles. The standard InChI is InChI=1S/C12H14Cl3NO3S/c1-7-5-16(6-8(2)19-7)20(17,18)10-4-3-9(13)11(14)12(10)15/h3-4,7-8H,5-6H2,1-2H3/t7-,8-/m1/s1. The van der Waals surface area contributed by atoms with Gasteiger partial charge in [0.15, 0.2) is 0 Å². The highest BCUT2D eigenvalue weighted by atomic mass is 35.5. The zero-order valence-corrected chi connectivity index (χ0v) is 14.0. The minimum absolute atomic E-state index is 0.0325. The van der Waals surface area contributed by atoms with Crippen LogP contribution >= 0.6 is 34.8 Å². The van der Waals surface area contributed by atoms with Crippen molar-refractivity contribution in [2.24, 2.45) is 0 Å². The lowest BCUT2D eigenvalue weighted by Gasteiger charge is -2.34. The third kappa shape index (κ3) is 3.08. The van der Waals surface area contributed by atoms with Crippen molar-refractivity contribution in [1.29, 1.82) is 0 Å². The van der Waals surface area contributed by atoms with E-state index in [9.17, 15) is 8.42 Å². The quantitative estimate of drug-likeness (QED) is 0.761. The SMILES string of the molecule is C[C@@H]1CN(S(=O)(=O)c2ccc(Cl)c(Cl)c2Cl)C[C@@H](C)O1. The van der Waals surface area contributed by atoms with Crippen molar-refractivity contribution in [2.45, 2.75) is 31.0 Å². The fourth-order valence-corrected chi connectivity index (χ4v) is 4.72. The van der Waals surface area contributed by atoms with Gasteiger partial charge in [0.05, 0.1) is 27.3 Å². The van der Waals surface area contributed by atoms with Crippen molar-refractivity contribution >= 4 is 44.8 Å². The highest BCUT2D eigenvalue weighted by molar-refractivity contribution is 7.89. The maximum Gasteiger partial charge on any atom is 0.244 e. The summed E-state index contributed by atoms with van der Waals surface area (Å²) in [6, 6.07) is 2.80. The van der Waals surface area contributed by atoms with Crippen LogP contribution in [0.5, 0.6) is 0 Å². The first-order valence-corrected chi connectivity index (χ1v) is 8.60. The van der Waals surface area contributed by atoms with Crippen molar-refractivity contribution in [3.8, 4) is 0 Å². The average Bonchev–Trinajstić information content (AvgIpc) is 2.34. The smallest absolute Gasteiger partial charge is 0.244 e. The van der Waals surface area contributed by atoms with Gasteiger partial charge in [-0.1, -0.05) is 34.8 Å². The van der Waals surface area contributed by atoms with Gasteiger partial charge in [0.1, 0.15) is 4.90 Å². The number of ether oxygens (including phenoxy) is 1. The molecule has 0 aliphatic carbocycles. The monoisotopic (exact) mass is 357 g/mol. The Hall–Kier alpha value is -0.0400. The van der Waals surface area contributed by atoms with Gasteiger partial charge in [0.25, 0.3) is 0 Å². The second-order valence-electron chi connectivity index (χ2n) is 4.75. The Morgan fingerprint density at radius 2 is 1.65 bits per heavy atom. The van der Waals surface area contributed by atoms with Crippen LogP contribution in [-0.2, 0) is 14.8 Å². The van der Waals surface area contributed by atoms with E-state index in [0.29, 0.717) is 0 Å². The molecule has 2 atom stereocenters. The molecule has 0 bridgehead atoms. The first-order valence-electron chi connectivity index (χ1n) is 6.02. The molecule has 112 valence electrons. The Labute approximate surface area is 133 Å². The van der Waals surface area contributed by atoms with Gasteiger partial charge in [-0.15, -0.1) is 0 Å². The molecule has 0 spiro atoms. The summed E-state index contributed by atoms with van der Waals surface area (Å²) in [6.07, 6.45) is -0.342. The van der Waals surface area contributed by atoms with Crippen LogP contribution in [-0.4, -0.2) is 38.0 Å². The second kappa shape index (κ2) is 5.99. The van der Waals surface area contributed by atoms with E-state index in [2.05, 4.69) is 0 Å². The molecule has 1 aromatic rings. The summed E-state index contributed by atoms with van der Waals surface area (Å²) >= 11 is 17.8. The zero-order chi connectivity index (χ0) is 15.1. The second-order valence-corrected chi connectivity index (χ2v) is 7.82. The molecule has 4 nitrogen and oxygen atoms in total. The van der Waals surface area contributed by atoms with Gasteiger partial charge < -0.3 is 4.74 Å². The summed E-state index contributed by atoms with van der Waals surface area (Å²) in [4.78, 5) is -0.0325. The van der Waals surface area contributed by atoms with Crippen molar-refractivity contribution in [3.05, 3.63) is 27.2 Å². The number of nitrogens with zero attached hydrogens (tertiary/aromatic N) is 1. The van der Waals surface area contributed by atoms with Gasteiger partial charge in [-0.3, -0.25) is 0 Å². The lowest BCUT2D eigenvalue weighted by atomic mass is 10.3. The molecule has 0 amide bonds. The molecule has 1 fully saturated rings. The van der Waals surface area contributed by atoms with Crippen LogP contribution in [0.25, 0.3) is 0 Å². The Morgan fingerprint density at radius 3 is 2.20 bits per heavy atom. The van der Waals surface area contributed by atoms with Gasteiger partial charge in [0.2, 0.25) is 10.0 Å². The Morgan fingerprint density at radius 1 is 1.10 bits per heavy atom. The van der Waals surface area contributed by atoms with Crippen LogP contribution < -0.4 is 0 Å². The molecule has 0 N–H and O–H groups in total. The Kier molecular flexibility index (Phi) is 4.89. The molecule has 0 saturated carbocycles. The summed E-state index contributed by atoms with van der Waals surface area (Å²) < 4.78 is 32.2. The molecule has 8 heteroatoms. The van der Waals surface area contributed by atoms with Gasteiger partial charge in [-0.2, -0.15) is 4.31 Å². The van der Waals surface area contributed by atoms with Crippen LogP contribution in [0.3, 0.4) is 0 Å². The molecule has 0 radical (unpaired) electrons. The summed E-state index contributed by atoms with van der Waals surface area (Å²) in [5, 5.41) is 0.217. The third-order valence-electron chi connectivity index (χ3n) is 3.00. The lowest BCUT2D eigenvalue weighted by molar-refractivity contribution is -0.0440. The van der Waals surface area contributed by atoms with Gasteiger partial charge in [-0.25, -0.2) is 8.42 Å². The number of sulfonamides is 1. The summed E-state index contributed by atoms with van der Waals surface area (Å²) in [5.41, 5.74) is 0. The molecule has 1 aromatic carbocycles. The zero-order valence-electron chi connectivity index (χ0n) is 10.9. The van der Waals surface area contributed by atoms with Crippen molar-refractivity contribution in [1.82, 2.24) is 4.31 Å². The van der Waals surface area contributed by atoms with E-state index in [4.69, 9.17) is 39.5 Å². The van der Waals surface area contributed by atoms with E-state index in [-0.39, 0.29) is 45.3 Å². The molecule has 0 unspecified atom stereocenters. The van der Waals surface area contributed by atoms with E-state index >= 15 is 0 Å². The molecular weight excluding hydrogens is 345 g/mol. The molecule has 2 rings (SSSR count). The number of rotatable bonds is 2. The number of hydrogen-bond acceptors (Lipinski definition) is 3. The molecular formula is C12H14Cl3NO3S. The number of halogens is 3. The van der Waals surface area contributed by atoms with E-state index in [1.54, 1.807) is 0 Å². The van der Waals surface area contributed by atoms with Crippen molar-refractivity contribution in [2.75, 3.05) is 13.1 Å². The summed E-state index contributed by atoms with van der Waals surface area (Å²) in [6.45, 7) is 4.22. The topological polar surface area (TPSA) is 46.6 Å². The van der Waals surface area contributed by atoms with E-state index in [1.807, 2.05) is 13.8 Å². The van der Waals surface area contributed by atoms with Crippen LogP contribution in [0.15, 0.2) is 17.0 Å². The first kappa shape index (κ1) is 16.3. The van der Waals surface area contributed by atoms with E-state index in [1.165, 1.54) is 16.4 Å². The minimum Gasteiger partial charge on any atom is -0.373 e. The maximum absolute atomic E-state index is 12.6. The predicted molar refractivity (Wildman–Crippen MR) is 80.2 cm³/mol. The van der Waals surface area contributed by atoms with Crippen molar-refractivity contribution in [3.63, 3.8) is 0 Å². The molecule has 0 aromatic heterocycles. The number of morpholine rings is 1. The maximum atomic E-state index is 12.6. The van der Waals surface area contributed by atoms with Crippen molar-refractivity contribution < 1.29 is 13.2 Å². The lowest BCUT2D eigenvalue weighted by Crippen LogP contribution is -2.48. The number of benzene rings is 1. The van der Waals surface area contributed by atoms with Gasteiger partial charge >= 0.3 is 0 Å². The fraction of sp³-hybridized carbons (Fsp3) is 0.500. The normalized spacial score (nSPS) is 24.9. The Bertz CT molecular complexity index is 611. The van der Waals surface area contributed by atoms with Crippen LogP contribution in [0.1, 0.15) is 13.8 Å². The molecule has 1 aliphatic rings. The summed E-state index contributed by atoms with van der Waals surface area (Å²) in [5.74, 6) is 0. The fourth-order valence-electron chi connectivity index (χ4n) is 2.17. The van der Waals surface area contributed by atoms with E-state index in [0.717, 1.165) is 0 Å². The van der Waals surface area contributed by atoms with Crippen LogP contribution in [0, 0.1) is 0 Å². The number of hydrogen-bond donors (Lipinski definition) is 0.